The molecule has 1 heterocycles. The van der Waals surface area contributed by atoms with Crippen molar-refractivity contribution >= 4 is 0 Å². The summed E-state index contributed by atoms with van der Waals surface area (Å²) in [6.07, 6.45) is 5.13. The Hall–Kier alpha value is -0.0800. The first-order valence-corrected chi connectivity index (χ1v) is 4.34. The van der Waals surface area contributed by atoms with E-state index < -0.39 is 0 Å². The van der Waals surface area contributed by atoms with Crippen LogP contribution in [0, 0.1) is 0 Å². The van der Waals surface area contributed by atoms with Gasteiger partial charge < -0.3 is 10.1 Å². The maximum atomic E-state index is 4.40. The minimum Gasteiger partial charge on any atom is -0.434 e. The van der Waals surface area contributed by atoms with Crippen LogP contribution in [-0.4, -0.2) is 31.0 Å². The molecule has 0 aromatic rings. The molecule has 0 saturated carbocycles. The van der Waals surface area contributed by atoms with E-state index in [4.69, 9.17) is 0 Å². The average molecular weight is 144 g/mol. The Kier molecular flexibility index (Phi) is 4.56. The first-order valence-electron chi connectivity index (χ1n) is 4.34. The van der Waals surface area contributed by atoms with Gasteiger partial charge in [-0.05, 0) is 25.9 Å². The number of aliphatic hydroxyl groups is 2. The summed E-state index contributed by atoms with van der Waals surface area (Å²) in [4.78, 5) is 0. The molecule has 0 aromatic heterocycles. The van der Waals surface area contributed by atoms with E-state index in [1.165, 1.54) is 38.8 Å². The van der Waals surface area contributed by atoms with Crippen LogP contribution < -0.4 is 5.32 Å². The number of hydrogen-bond donors (Lipinski definition) is 1. The van der Waals surface area contributed by atoms with Crippen molar-refractivity contribution in [2.45, 2.75) is 25.7 Å². The van der Waals surface area contributed by atoms with Crippen molar-refractivity contribution in [2.24, 2.45) is 0 Å². The van der Waals surface area contributed by atoms with E-state index >= 15 is 0 Å². The van der Waals surface area contributed by atoms with Gasteiger partial charge in [0.15, 0.2) is 0 Å². The second-order valence-corrected chi connectivity index (χ2v) is 2.84. The van der Waals surface area contributed by atoms with Crippen LogP contribution in [0.4, 0.5) is 0 Å². The molecule has 0 bridgehead atoms. The standard InChI is InChI=1S/C8H17NO/c1-3-7-10-8-4-2-6-9-5-1/h9H,1-8H2/p+1. The van der Waals surface area contributed by atoms with E-state index in [-0.39, 0.29) is 0 Å². The topological polar surface area (TPSA) is 24.8 Å². The third-order valence-electron chi connectivity index (χ3n) is 1.84. The molecule has 2 heteroatoms. The Labute approximate surface area is 63.0 Å². The third kappa shape index (κ3) is 3.85. The van der Waals surface area contributed by atoms with Crippen LogP contribution >= 0.6 is 0 Å². The zero-order valence-electron chi connectivity index (χ0n) is 6.60. The number of hydrogen-bond acceptors (Lipinski definition) is 1. The maximum Gasteiger partial charge on any atom is 0.144 e. The predicted octanol–water partition coefficient (Wildman–Crippen LogP) is 0.678. The fourth-order valence-electron chi connectivity index (χ4n) is 1.18. The smallest absolute Gasteiger partial charge is 0.144 e. The van der Waals surface area contributed by atoms with Crippen molar-refractivity contribution in [3.05, 3.63) is 0 Å². The molecule has 1 aliphatic heterocycles. The van der Waals surface area contributed by atoms with E-state index in [0.717, 1.165) is 13.2 Å². The molecule has 1 fully saturated rings. The molecular weight excluding hydrogens is 126 g/mol. The van der Waals surface area contributed by atoms with Gasteiger partial charge >= 0.3 is 0 Å². The molecule has 0 amide bonds. The fraction of sp³-hybridized carbons (Fsp3) is 1.00. The highest BCUT2D eigenvalue weighted by atomic mass is 16.5. The Bertz CT molecular complexity index is 42.4. The number of nitrogens with one attached hydrogen (secondary N) is 1. The van der Waals surface area contributed by atoms with Gasteiger partial charge in [0, 0.05) is 12.8 Å². The molecule has 0 aliphatic carbocycles. The summed E-state index contributed by atoms with van der Waals surface area (Å²) in [5.74, 6) is 0. The van der Waals surface area contributed by atoms with Crippen LogP contribution in [-0.2, 0) is 0 Å². The molecule has 0 unspecified atom stereocenters. The van der Waals surface area contributed by atoms with Crippen LogP contribution in [0.15, 0.2) is 0 Å². The molecule has 0 atom stereocenters. The average Bonchev–Trinajstić information content (AvgIpc) is 2.01. The maximum absolute atomic E-state index is 4.40. The van der Waals surface area contributed by atoms with Crippen molar-refractivity contribution in [3.8, 4) is 0 Å². The van der Waals surface area contributed by atoms with Gasteiger partial charge in [0.05, 0.1) is 0 Å². The zero-order chi connectivity index (χ0) is 7.07. The second-order valence-electron chi connectivity index (χ2n) is 2.84. The Morgan fingerprint density at radius 1 is 0.800 bits per heavy atom. The van der Waals surface area contributed by atoms with E-state index in [1.807, 2.05) is 0 Å². The number of rotatable bonds is 0. The summed E-state index contributed by atoms with van der Waals surface area (Å²) in [5.41, 5.74) is 0. The molecule has 2 nitrogen and oxygen atoms in total. The monoisotopic (exact) mass is 144 g/mol. The lowest BCUT2D eigenvalue weighted by Gasteiger charge is -2.06. The molecule has 1 aliphatic rings. The predicted molar refractivity (Wildman–Crippen MR) is 43.3 cm³/mol. The van der Waals surface area contributed by atoms with Crippen LogP contribution in [0.25, 0.3) is 0 Å². The zero-order valence-corrected chi connectivity index (χ0v) is 6.60. The van der Waals surface area contributed by atoms with E-state index in [0.29, 0.717) is 0 Å². The van der Waals surface area contributed by atoms with Gasteiger partial charge in [0.2, 0.25) is 0 Å². The van der Waals surface area contributed by atoms with Crippen LogP contribution in [0.1, 0.15) is 25.7 Å². The first kappa shape index (κ1) is 8.02. The summed E-state index contributed by atoms with van der Waals surface area (Å²) in [7, 11) is 0. The van der Waals surface area contributed by atoms with E-state index in [2.05, 4.69) is 10.1 Å². The molecule has 0 aromatic carbocycles. The molecular formula is C8H18NO+. The Morgan fingerprint density at radius 2 is 1.40 bits per heavy atom. The van der Waals surface area contributed by atoms with Crippen molar-refractivity contribution in [1.82, 2.24) is 5.32 Å². The lowest BCUT2D eigenvalue weighted by atomic mass is 10.3. The summed E-state index contributed by atoms with van der Waals surface area (Å²) in [5, 5.41) is 3.41. The largest absolute Gasteiger partial charge is 0.434 e. The van der Waals surface area contributed by atoms with E-state index in [1.54, 1.807) is 0 Å². The summed E-state index contributed by atoms with van der Waals surface area (Å²) in [6, 6.07) is 0. The molecule has 1 saturated heterocycles. The lowest BCUT2D eigenvalue weighted by molar-refractivity contribution is -0.0422. The summed E-state index contributed by atoms with van der Waals surface area (Å²) in [6.45, 7) is 4.55. The fourth-order valence-corrected chi connectivity index (χ4v) is 1.18. The summed E-state index contributed by atoms with van der Waals surface area (Å²) >= 11 is 0. The molecule has 10 heavy (non-hydrogen) atoms. The quantitative estimate of drug-likeness (QED) is 0.497. The van der Waals surface area contributed by atoms with Crippen molar-refractivity contribution in [1.29, 1.82) is 0 Å². The van der Waals surface area contributed by atoms with Gasteiger partial charge in [-0.25, -0.2) is 0 Å². The van der Waals surface area contributed by atoms with Gasteiger partial charge in [-0.1, -0.05) is 0 Å². The van der Waals surface area contributed by atoms with Gasteiger partial charge in [0.1, 0.15) is 13.2 Å². The SMILES string of the molecule is C1CC[OH+]CCCCNC1. The van der Waals surface area contributed by atoms with Crippen LogP contribution in [0.5, 0.6) is 0 Å². The lowest BCUT2D eigenvalue weighted by Crippen LogP contribution is -2.19. The van der Waals surface area contributed by atoms with Crippen molar-refractivity contribution in [3.63, 3.8) is 0 Å². The Morgan fingerprint density at radius 3 is 2.00 bits per heavy atom. The molecule has 2 N–H and O–H groups in total. The number of ether oxygens (including phenoxy) is 1. The highest BCUT2D eigenvalue weighted by molar-refractivity contribution is 4.50. The molecule has 60 valence electrons. The van der Waals surface area contributed by atoms with Crippen LogP contribution in [0.3, 0.4) is 0 Å². The van der Waals surface area contributed by atoms with Gasteiger partial charge in [-0.3, -0.25) is 0 Å². The molecule has 0 spiro atoms. The molecule has 1 rings (SSSR count). The highest BCUT2D eigenvalue weighted by Gasteiger charge is 1.97. The minimum absolute atomic E-state index is 1.08. The van der Waals surface area contributed by atoms with Gasteiger partial charge in [0.25, 0.3) is 0 Å². The third-order valence-corrected chi connectivity index (χ3v) is 1.84. The first-order chi connectivity index (χ1) is 5.00. The van der Waals surface area contributed by atoms with Gasteiger partial charge in [-0.15, -0.1) is 0 Å². The highest BCUT2D eigenvalue weighted by Crippen LogP contribution is 1.93. The normalized spacial score (nSPS) is 24.0. The molecule has 0 radical (unpaired) electrons. The van der Waals surface area contributed by atoms with Crippen molar-refractivity contribution < 1.29 is 4.74 Å². The second kappa shape index (κ2) is 5.69. The minimum atomic E-state index is 1.08. The van der Waals surface area contributed by atoms with Gasteiger partial charge in [-0.2, -0.15) is 0 Å². The van der Waals surface area contributed by atoms with Crippen molar-refractivity contribution in [2.75, 3.05) is 26.3 Å². The Balaban J connectivity index is 2.00. The van der Waals surface area contributed by atoms with Crippen LogP contribution in [0.2, 0.25) is 0 Å². The van der Waals surface area contributed by atoms with E-state index in [9.17, 15) is 0 Å². The summed E-state index contributed by atoms with van der Waals surface area (Å²) < 4.78 is 4.40.